The molecule has 2 aliphatic rings. The summed E-state index contributed by atoms with van der Waals surface area (Å²) in [6, 6.07) is 14.4. The Morgan fingerprint density at radius 1 is 1.00 bits per heavy atom. The largest absolute Gasteiger partial charge is 0.353 e. The number of carbonyl (C=O) groups is 2. The van der Waals surface area contributed by atoms with Crippen LogP contribution in [-0.2, 0) is 29.7 Å². The number of amides is 2. The molecule has 0 N–H and O–H groups in total. The number of aryl methyl sites for hydroxylation is 1. The fourth-order valence-corrected chi connectivity index (χ4v) is 3.80. The van der Waals surface area contributed by atoms with Crippen LogP contribution in [0.5, 0.6) is 0 Å². The van der Waals surface area contributed by atoms with E-state index in [0.717, 1.165) is 43.4 Å². The van der Waals surface area contributed by atoms with Gasteiger partial charge in [0, 0.05) is 37.4 Å². The van der Waals surface area contributed by atoms with Crippen LogP contribution in [0.4, 0.5) is 0 Å². The molecule has 2 saturated carbocycles. The number of benzene rings is 1. The highest BCUT2D eigenvalue weighted by Crippen LogP contribution is 2.34. The van der Waals surface area contributed by atoms with E-state index in [0.29, 0.717) is 13.1 Å². The predicted octanol–water partition coefficient (Wildman–Crippen LogP) is 3.35. The van der Waals surface area contributed by atoms with Crippen molar-refractivity contribution < 1.29 is 9.59 Å². The Balaban J connectivity index is 1.49. The Labute approximate surface area is 166 Å². The monoisotopic (exact) mass is 379 g/mol. The zero-order valence-electron chi connectivity index (χ0n) is 16.6. The summed E-state index contributed by atoms with van der Waals surface area (Å²) in [5, 5.41) is 0. The van der Waals surface area contributed by atoms with Gasteiger partial charge in [0.15, 0.2) is 0 Å². The third-order valence-corrected chi connectivity index (χ3v) is 6.00. The molecule has 1 heterocycles. The lowest BCUT2D eigenvalue weighted by atomic mass is 9.84. The molecule has 0 radical (unpaired) electrons. The van der Waals surface area contributed by atoms with Crippen molar-refractivity contribution in [2.24, 2.45) is 13.0 Å². The normalized spacial score (nSPS) is 16.5. The van der Waals surface area contributed by atoms with Crippen LogP contribution >= 0.6 is 0 Å². The Bertz CT molecular complexity index is 821. The lowest BCUT2D eigenvalue weighted by Gasteiger charge is -2.33. The molecule has 0 bridgehead atoms. The molecule has 2 fully saturated rings. The molecule has 0 saturated heterocycles. The fourth-order valence-electron chi connectivity index (χ4n) is 3.80. The van der Waals surface area contributed by atoms with E-state index < -0.39 is 0 Å². The zero-order valence-corrected chi connectivity index (χ0v) is 16.6. The van der Waals surface area contributed by atoms with Crippen molar-refractivity contribution in [3.05, 3.63) is 59.9 Å². The minimum atomic E-state index is 0.0321. The van der Waals surface area contributed by atoms with E-state index >= 15 is 0 Å². The summed E-state index contributed by atoms with van der Waals surface area (Å²) >= 11 is 0. The number of hydrogen-bond acceptors (Lipinski definition) is 2. The van der Waals surface area contributed by atoms with Crippen molar-refractivity contribution in [1.82, 2.24) is 14.4 Å². The van der Waals surface area contributed by atoms with Crippen LogP contribution in [0.15, 0.2) is 48.7 Å². The van der Waals surface area contributed by atoms with Gasteiger partial charge in [0.1, 0.15) is 6.54 Å². The Morgan fingerprint density at radius 3 is 2.32 bits per heavy atom. The number of nitrogens with zero attached hydrogens (tertiary/aromatic N) is 3. The number of rotatable bonds is 8. The summed E-state index contributed by atoms with van der Waals surface area (Å²) in [6.45, 7) is 1.31. The number of carbonyl (C=O) groups excluding carboxylic acids is 2. The van der Waals surface area contributed by atoms with Crippen LogP contribution < -0.4 is 0 Å². The molecular weight excluding hydrogens is 350 g/mol. The van der Waals surface area contributed by atoms with Gasteiger partial charge in [-0.15, -0.1) is 0 Å². The molecule has 4 rings (SSSR count). The SMILES string of the molecule is Cn1cccc1CN(Cc1ccccc1)C(=O)CN(C(=O)C1CCC1)C1CC1. The third kappa shape index (κ3) is 4.29. The predicted molar refractivity (Wildman–Crippen MR) is 108 cm³/mol. The lowest BCUT2D eigenvalue weighted by molar-refractivity contribution is -0.145. The minimum absolute atomic E-state index is 0.0321. The summed E-state index contributed by atoms with van der Waals surface area (Å²) < 4.78 is 2.05. The van der Waals surface area contributed by atoms with Gasteiger partial charge in [-0.05, 0) is 43.4 Å². The topological polar surface area (TPSA) is 45.6 Å². The Kier molecular flexibility index (Phi) is 5.51. The molecular formula is C23H29N3O2. The molecule has 2 aliphatic carbocycles. The van der Waals surface area contributed by atoms with E-state index in [2.05, 4.69) is 0 Å². The highest BCUT2D eigenvalue weighted by atomic mass is 16.2. The van der Waals surface area contributed by atoms with Gasteiger partial charge >= 0.3 is 0 Å². The van der Waals surface area contributed by atoms with Gasteiger partial charge in [0.25, 0.3) is 0 Å². The molecule has 2 amide bonds. The van der Waals surface area contributed by atoms with Crippen molar-refractivity contribution in [3.8, 4) is 0 Å². The summed E-state index contributed by atoms with van der Waals surface area (Å²) in [4.78, 5) is 29.9. The van der Waals surface area contributed by atoms with Crippen LogP contribution in [-0.4, -0.2) is 38.8 Å². The van der Waals surface area contributed by atoms with Crippen molar-refractivity contribution in [2.45, 2.75) is 51.2 Å². The highest BCUT2D eigenvalue weighted by Gasteiger charge is 2.39. The van der Waals surface area contributed by atoms with Crippen molar-refractivity contribution in [1.29, 1.82) is 0 Å². The van der Waals surface area contributed by atoms with E-state index in [1.54, 1.807) is 0 Å². The molecule has 0 unspecified atom stereocenters. The molecule has 1 aromatic carbocycles. The van der Waals surface area contributed by atoms with E-state index in [1.165, 1.54) is 0 Å². The van der Waals surface area contributed by atoms with Gasteiger partial charge in [-0.3, -0.25) is 9.59 Å². The molecule has 148 valence electrons. The average Bonchev–Trinajstić information content (AvgIpc) is 3.41. The maximum absolute atomic E-state index is 13.3. The Morgan fingerprint density at radius 2 is 1.75 bits per heavy atom. The first-order valence-corrected chi connectivity index (χ1v) is 10.3. The summed E-state index contributed by atoms with van der Waals surface area (Å²) in [7, 11) is 2.00. The second-order valence-electron chi connectivity index (χ2n) is 8.17. The van der Waals surface area contributed by atoms with Gasteiger partial charge in [0.2, 0.25) is 11.8 Å². The maximum atomic E-state index is 13.3. The maximum Gasteiger partial charge on any atom is 0.242 e. The highest BCUT2D eigenvalue weighted by molar-refractivity contribution is 5.86. The van der Waals surface area contributed by atoms with Gasteiger partial charge in [-0.25, -0.2) is 0 Å². The Hall–Kier alpha value is -2.56. The first-order chi connectivity index (χ1) is 13.6. The van der Waals surface area contributed by atoms with Crippen molar-refractivity contribution in [2.75, 3.05) is 6.54 Å². The van der Waals surface area contributed by atoms with E-state index in [1.807, 2.05) is 70.1 Å². The second kappa shape index (κ2) is 8.21. The first kappa shape index (κ1) is 18.8. The summed E-state index contributed by atoms with van der Waals surface area (Å²) in [5.74, 6) is 0.370. The second-order valence-corrected chi connectivity index (χ2v) is 8.17. The van der Waals surface area contributed by atoms with Crippen LogP contribution in [0, 0.1) is 5.92 Å². The first-order valence-electron chi connectivity index (χ1n) is 10.3. The molecule has 0 spiro atoms. The minimum Gasteiger partial charge on any atom is -0.353 e. The third-order valence-electron chi connectivity index (χ3n) is 6.00. The lowest BCUT2D eigenvalue weighted by Crippen LogP contribution is -2.46. The van der Waals surface area contributed by atoms with Crippen LogP contribution in [0.2, 0.25) is 0 Å². The zero-order chi connectivity index (χ0) is 19.5. The molecule has 5 nitrogen and oxygen atoms in total. The van der Waals surface area contributed by atoms with Gasteiger partial charge < -0.3 is 14.4 Å². The summed E-state index contributed by atoms with van der Waals surface area (Å²) in [6.07, 6.45) is 7.15. The quantitative estimate of drug-likeness (QED) is 0.706. The van der Waals surface area contributed by atoms with Crippen molar-refractivity contribution >= 4 is 11.8 Å². The van der Waals surface area contributed by atoms with Crippen LogP contribution in [0.25, 0.3) is 0 Å². The molecule has 2 aromatic rings. The van der Waals surface area contributed by atoms with Crippen molar-refractivity contribution in [3.63, 3.8) is 0 Å². The molecule has 28 heavy (non-hydrogen) atoms. The fraction of sp³-hybridized carbons (Fsp3) is 0.478. The van der Waals surface area contributed by atoms with Gasteiger partial charge in [-0.1, -0.05) is 36.8 Å². The number of hydrogen-bond donors (Lipinski definition) is 0. The molecule has 0 aliphatic heterocycles. The average molecular weight is 380 g/mol. The number of aromatic nitrogens is 1. The molecule has 5 heteroatoms. The van der Waals surface area contributed by atoms with E-state index in [-0.39, 0.29) is 30.3 Å². The smallest absolute Gasteiger partial charge is 0.242 e. The standard InChI is InChI=1S/C23H29N3O2/c1-24-14-6-11-21(24)16-25(15-18-7-3-2-4-8-18)22(27)17-26(20-12-13-20)23(28)19-9-5-10-19/h2-4,6-8,11,14,19-20H,5,9-10,12-13,15-17H2,1H3. The van der Waals surface area contributed by atoms with Gasteiger partial charge in [-0.2, -0.15) is 0 Å². The van der Waals surface area contributed by atoms with E-state index in [4.69, 9.17) is 0 Å². The van der Waals surface area contributed by atoms with Crippen LogP contribution in [0.3, 0.4) is 0 Å². The van der Waals surface area contributed by atoms with E-state index in [9.17, 15) is 9.59 Å². The molecule has 0 atom stereocenters. The molecule has 1 aromatic heterocycles. The van der Waals surface area contributed by atoms with Gasteiger partial charge in [0.05, 0.1) is 6.54 Å². The summed E-state index contributed by atoms with van der Waals surface area (Å²) in [5.41, 5.74) is 2.20. The van der Waals surface area contributed by atoms with Crippen LogP contribution in [0.1, 0.15) is 43.4 Å².